The van der Waals surface area contributed by atoms with Gasteiger partial charge in [-0.3, -0.25) is 0 Å². The summed E-state index contributed by atoms with van der Waals surface area (Å²) >= 11 is 8.88. The number of hydrogen-bond acceptors (Lipinski definition) is 2. The molecule has 0 spiro atoms. The van der Waals surface area contributed by atoms with Gasteiger partial charge in [-0.25, -0.2) is 0 Å². The topological polar surface area (TPSA) is 12.0 Å². The molecule has 1 N–H and O–H groups in total. The Morgan fingerprint density at radius 3 is 2.69 bits per heavy atom. The third-order valence-electron chi connectivity index (χ3n) is 2.39. The maximum absolute atomic E-state index is 3.58. The smallest absolute Gasteiger partial charge is 0.0671 e. The number of benzene rings is 2. The number of halogens is 2. The van der Waals surface area contributed by atoms with E-state index in [1.807, 2.05) is 6.07 Å². The van der Waals surface area contributed by atoms with Gasteiger partial charge in [0, 0.05) is 18.7 Å². The van der Waals surface area contributed by atoms with E-state index in [9.17, 15) is 0 Å². The van der Waals surface area contributed by atoms with Crippen molar-refractivity contribution >= 4 is 55.0 Å². The van der Waals surface area contributed by atoms with Crippen molar-refractivity contribution in [3.8, 4) is 0 Å². The van der Waals surface area contributed by atoms with Gasteiger partial charge in [0.05, 0.1) is 11.4 Å². The molecule has 16 heavy (non-hydrogen) atoms. The maximum Gasteiger partial charge on any atom is 0.0671 e. The SMILES string of the molecule is Brc1cc(Br)c2c(c1)Sc1ccccc1N2. The van der Waals surface area contributed by atoms with Crippen LogP contribution in [0.5, 0.6) is 0 Å². The molecule has 1 aliphatic rings. The van der Waals surface area contributed by atoms with Crippen molar-refractivity contribution < 1.29 is 0 Å². The standard InChI is InChI=1S/C12H7Br2NS/c13-7-5-8(14)12-11(6-7)16-10-4-2-1-3-9(10)15-12/h1-6,15H. The highest BCUT2D eigenvalue weighted by Gasteiger charge is 2.17. The van der Waals surface area contributed by atoms with E-state index in [4.69, 9.17) is 0 Å². The summed E-state index contributed by atoms with van der Waals surface area (Å²) in [6, 6.07) is 12.5. The Bertz CT molecular complexity index is 569. The predicted octanol–water partition coefficient (Wildman–Crippen LogP) is 5.42. The number of fused-ring (bicyclic) bond motifs is 2. The molecule has 0 saturated heterocycles. The van der Waals surface area contributed by atoms with Gasteiger partial charge in [-0.1, -0.05) is 39.8 Å². The second-order valence-corrected chi connectivity index (χ2v) is 6.34. The second-order valence-electron chi connectivity index (χ2n) is 3.48. The molecule has 0 saturated carbocycles. The lowest BCUT2D eigenvalue weighted by atomic mass is 10.2. The molecule has 2 aromatic carbocycles. The average Bonchev–Trinajstić information content (AvgIpc) is 2.27. The molecule has 3 rings (SSSR count). The van der Waals surface area contributed by atoms with Gasteiger partial charge in [0.25, 0.3) is 0 Å². The van der Waals surface area contributed by atoms with Crippen molar-refractivity contribution in [2.24, 2.45) is 0 Å². The number of rotatable bonds is 0. The van der Waals surface area contributed by atoms with Crippen LogP contribution in [-0.4, -0.2) is 0 Å². The van der Waals surface area contributed by atoms with Crippen LogP contribution in [0.2, 0.25) is 0 Å². The molecule has 1 aliphatic heterocycles. The highest BCUT2D eigenvalue weighted by molar-refractivity contribution is 9.11. The van der Waals surface area contributed by atoms with Crippen molar-refractivity contribution in [3.05, 3.63) is 45.3 Å². The van der Waals surface area contributed by atoms with Crippen LogP contribution in [0.3, 0.4) is 0 Å². The first-order chi connectivity index (χ1) is 7.74. The summed E-state index contributed by atoms with van der Waals surface area (Å²) in [6.07, 6.45) is 0. The summed E-state index contributed by atoms with van der Waals surface area (Å²) in [7, 11) is 0. The van der Waals surface area contributed by atoms with Gasteiger partial charge in [0.15, 0.2) is 0 Å². The average molecular weight is 357 g/mol. The Kier molecular flexibility index (Phi) is 2.73. The normalized spacial score (nSPS) is 12.6. The first-order valence-corrected chi connectivity index (χ1v) is 7.17. The molecule has 0 amide bonds. The molecule has 0 unspecified atom stereocenters. The molecule has 0 aliphatic carbocycles. The zero-order valence-corrected chi connectivity index (χ0v) is 12.1. The lowest BCUT2D eigenvalue weighted by Crippen LogP contribution is -2.00. The molecule has 1 heterocycles. The zero-order valence-electron chi connectivity index (χ0n) is 8.13. The molecule has 80 valence electrons. The van der Waals surface area contributed by atoms with Crippen LogP contribution in [0.15, 0.2) is 55.1 Å². The lowest BCUT2D eigenvalue weighted by molar-refractivity contribution is 1.29. The van der Waals surface area contributed by atoms with Gasteiger partial charge in [0.1, 0.15) is 0 Å². The van der Waals surface area contributed by atoms with E-state index >= 15 is 0 Å². The van der Waals surface area contributed by atoms with Crippen LogP contribution in [-0.2, 0) is 0 Å². The third kappa shape index (κ3) is 1.79. The monoisotopic (exact) mass is 355 g/mol. The van der Waals surface area contributed by atoms with E-state index in [-0.39, 0.29) is 0 Å². The van der Waals surface area contributed by atoms with Crippen molar-refractivity contribution in [2.45, 2.75) is 9.79 Å². The third-order valence-corrected chi connectivity index (χ3v) is 4.59. The van der Waals surface area contributed by atoms with E-state index in [1.54, 1.807) is 11.8 Å². The molecule has 0 radical (unpaired) electrons. The quantitative estimate of drug-likeness (QED) is 0.577. The molecule has 1 nitrogen and oxygen atoms in total. The first kappa shape index (κ1) is 10.7. The fraction of sp³-hybridized carbons (Fsp3) is 0. The number of para-hydroxylation sites is 1. The summed E-state index contributed by atoms with van der Waals surface area (Å²) in [5.41, 5.74) is 2.31. The van der Waals surface area contributed by atoms with Gasteiger partial charge in [-0.2, -0.15) is 0 Å². The molecule has 4 heteroatoms. The van der Waals surface area contributed by atoms with Crippen LogP contribution in [0.1, 0.15) is 0 Å². The fourth-order valence-electron chi connectivity index (χ4n) is 1.66. The van der Waals surface area contributed by atoms with Gasteiger partial charge in [-0.15, -0.1) is 0 Å². The Balaban J connectivity index is 2.15. The van der Waals surface area contributed by atoms with Crippen LogP contribution in [0, 0.1) is 0 Å². The summed E-state index contributed by atoms with van der Waals surface area (Å²) in [4.78, 5) is 2.50. The largest absolute Gasteiger partial charge is 0.353 e. The fourth-order valence-corrected chi connectivity index (χ4v) is 4.33. The van der Waals surface area contributed by atoms with E-state index in [2.05, 4.69) is 67.5 Å². The minimum absolute atomic E-state index is 1.08. The molecule has 0 atom stereocenters. The number of anilines is 2. The summed E-state index contributed by atoms with van der Waals surface area (Å²) in [6.45, 7) is 0. The molecule has 2 aromatic rings. The molecule has 0 bridgehead atoms. The van der Waals surface area contributed by atoms with Crippen molar-refractivity contribution in [2.75, 3.05) is 5.32 Å². The minimum Gasteiger partial charge on any atom is -0.353 e. The van der Waals surface area contributed by atoms with Crippen LogP contribution in [0.25, 0.3) is 0 Å². The van der Waals surface area contributed by atoms with E-state index < -0.39 is 0 Å². The van der Waals surface area contributed by atoms with Gasteiger partial charge in [-0.05, 0) is 40.2 Å². The van der Waals surface area contributed by atoms with E-state index in [0.717, 1.165) is 14.6 Å². The highest BCUT2D eigenvalue weighted by atomic mass is 79.9. The van der Waals surface area contributed by atoms with Crippen molar-refractivity contribution in [1.82, 2.24) is 0 Å². The van der Waals surface area contributed by atoms with Crippen LogP contribution in [0.4, 0.5) is 11.4 Å². The Morgan fingerprint density at radius 1 is 1.00 bits per heavy atom. The summed E-state index contributed by atoms with van der Waals surface area (Å²) < 4.78 is 2.17. The Labute approximate surface area is 115 Å². The van der Waals surface area contributed by atoms with Gasteiger partial charge in [0.2, 0.25) is 0 Å². The van der Waals surface area contributed by atoms with E-state index in [1.165, 1.54) is 15.5 Å². The second kappa shape index (κ2) is 4.09. The molecule has 0 fully saturated rings. The van der Waals surface area contributed by atoms with Crippen molar-refractivity contribution in [3.63, 3.8) is 0 Å². The van der Waals surface area contributed by atoms with Gasteiger partial charge >= 0.3 is 0 Å². The first-order valence-electron chi connectivity index (χ1n) is 4.77. The lowest BCUT2D eigenvalue weighted by Gasteiger charge is -2.21. The Hall–Kier alpha value is -0.450. The minimum atomic E-state index is 1.08. The number of nitrogens with one attached hydrogen (secondary N) is 1. The predicted molar refractivity (Wildman–Crippen MR) is 75.7 cm³/mol. The molecular formula is C12H7Br2NS. The maximum atomic E-state index is 3.58. The van der Waals surface area contributed by atoms with Gasteiger partial charge < -0.3 is 5.32 Å². The van der Waals surface area contributed by atoms with Crippen molar-refractivity contribution in [1.29, 1.82) is 0 Å². The summed E-state index contributed by atoms with van der Waals surface area (Å²) in [5.74, 6) is 0. The Morgan fingerprint density at radius 2 is 1.81 bits per heavy atom. The molecule has 0 aromatic heterocycles. The summed E-state index contributed by atoms with van der Waals surface area (Å²) in [5, 5.41) is 3.45. The highest BCUT2D eigenvalue weighted by Crippen LogP contribution is 2.47. The van der Waals surface area contributed by atoms with E-state index in [0.29, 0.717) is 0 Å². The van der Waals surface area contributed by atoms with Crippen LogP contribution >= 0.6 is 43.6 Å². The van der Waals surface area contributed by atoms with Crippen LogP contribution < -0.4 is 5.32 Å². The zero-order chi connectivity index (χ0) is 11.1. The number of hydrogen-bond donors (Lipinski definition) is 1. The molecular weight excluding hydrogens is 350 g/mol.